The summed E-state index contributed by atoms with van der Waals surface area (Å²) >= 11 is 0. The van der Waals surface area contributed by atoms with Gasteiger partial charge in [0.2, 0.25) is 5.95 Å². The molecule has 1 aromatic carbocycles. The molecule has 0 aliphatic carbocycles. The third-order valence-electron chi connectivity index (χ3n) is 3.65. The normalized spacial score (nSPS) is 14.2. The van der Waals surface area contributed by atoms with E-state index in [1.165, 1.54) is 30.6 Å². The largest absolute Gasteiger partial charge is 0.573 e. The second-order valence-corrected chi connectivity index (χ2v) is 5.59. The number of hydrogen-bond donors (Lipinski definition) is 2. The van der Waals surface area contributed by atoms with Crippen LogP contribution in [0.4, 0.5) is 35.3 Å². The van der Waals surface area contributed by atoms with E-state index in [1.807, 2.05) is 4.90 Å². The summed E-state index contributed by atoms with van der Waals surface area (Å²) in [5.74, 6) is 0.0770. The van der Waals surface area contributed by atoms with Gasteiger partial charge < -0.3 is 20.3 Å². The minimum Gasteiger partial charge on any atom is -0.404 e. The SMILES string of the molecule is O=C(Nc1cnc(N2CCCC2)nc1)Nc1ccccc1OC(F)(F)F. The van der Waals surface area contributed by atoms with Crippen LogP contribution in [0, 0.1) is 0 Å². The van der Waals surface area contributed by atoms with Crippen LogP contribution < -0.4 is 20.3 Å². The Labute approximate surface area is 147 Å². The number of anilines is 3. The molecule has 0 radical (unpaired) electrons. The Balaban J connectivity index is 1.62. The first-order valence-electron chi connectivity index (χ1n) is 7.90. The fraction of sp³-hybridized carbons (Fsp3) is 0.312. The first-order chi connectivity index (χ1) is 12.4. The topological polar surface area (TPSA) is 79.4 Å². The lowest BCUT2D eigenvalue weighted by Crippen LogP contribution is -2.23. The van der Waals surface area contributed by atoms with Crippen molar-refractivity contribution in [2.75, 3.05) is 28.6 Å². The smallest absolute Gasteiger partial charge is 0.404 e. The van der Waals surface area contributed by atoms with E-state index in [0.29, 0.717) is 11.6 Å². The maximum Gasteiger partial charge on any atom is 0.573 e. The minimum atomic E-state index is -4.85. The van der Waals surface area contributed by atoms with Crippen molar-refractivity contribution >= 4 is 23.4 Å². The zero-order valence-electron chi connectivity index (χ0n) is 13.6. The molecule has 26 heavy (non-hydrogen) atoms. The first-order valence-corrected chi connectivity index (χ1v) is 7.90. The molecule has 1 fully saturated rings. The lowest BCUT2D eigenvalue weighted by molar-refractivity contribution is -0.274. The van der Waals surface area contributed by atoms with Gasteiger partial charge in [-0.05, 0) is 25.0 Å². The molecule has 2 heterocycles. The summed E-state index contributed by atoms with van der Waals surface area (Å²) < 4.78 is 41.1. The van der Waals surface area contributed by atoms with Crippen LogP contribution in [0.5, 0.6) is 5.75 Å². The molecule has 0 unspecified atom stereocenters. The number of benzene rings is 1. The third kappa shape index (κ3) is 4.74. The van der Waals surface area contributed by atoms with Crippen molar-refractivity contribution in [1.82, 2.24) is 9.97 Å². The van der Waals surface area contributed by atoms with Gasteiger partial charge in [0.05, 0.1) is 23.8 Å². The van der Waals surface area contributed by atoms with Gasteiger partial charge in [-0.1, -0.05) is 12.1 Å². The molecule has 2 N–H and O–H groups in total. The summed E-state index contributed by atoms with van der Waals surface area (Å²) in [4.78, 5) is 22.4. The van der Waals surface area contributed by atoms with Gasteiger partial charge in [0.25, 0.3) is 0 Å². The van der Waals surface area contributed by atoms with E-state index < -0.39 is 18.1 Å². The molecule has 0 atom stereocenters. The summed E-state index contributed by atoms with van der Waals surface area (Å²) in [5, 5.41) is 4.78. The van der Waals surface area contributed by atoms with Crippen LogP contribution in [-0.2, 0) is 0 Å². The maximum atomic E-state index is 12.4. The van der Waals surface area contributed by atoms with Crippen molar-refractivity contribution in [3.63, 3.8) is 0 Å². The van der Waals surface area contributed by atoms with Gasteiger partial charge in [0.1, 0.15) is 0 Å². The van der Waals surface area contributed by atoms with Crippen LogP contribution in [0.25, 0.3) is 0 Å². The Morgan fingerprint density at radius 2 is 1.73 bits per heavy atom. The molecule has 7 nitrogen and oxygen atoms in total. The summed E-state index contributed by atoms with van der Waals surface area (Å²) in [6.45, 7) is 1.78. The van der Waals surface area contributed by atoms with E-state index in [4.69, 9.17) is 0 Å². The van der Waals surface area contributed by atoms with Crippen molar-refractivity contribution in [2.45, 2.75) is 19.2 Å². The molecule has 10 heteroatoms. The average Bonchev–Trinajstić information content (AvgIpc) is 3.10. The number of ether oxygens (including phenoxy) is 1. The number of alkyl halides is 3. The van der Waals surface area contributed by atoms with Crippen molar-refractivity contribution in [3.05, 3.63) is 36.7 Å². The maximum absolute atomic E-state index is 12.4. The van der Waals surface area contributed by atoms with Gasteiger partial charge in [-0.15, -0.1) is 13.2 Å². The van der Waals surface area contributed by atoms with E-state index in [9.17, 15) is 18.0 Å². The number of carbonyl (C=O) groups is 1. The number of urea groups is 1. The molecule has 0 spiro atoms. The van der Waals surface area contributed by atoms with E-state index in [1.54, 1.807) is 0 Å². The molecule has 1 aliphatic rings. The molecule has 0 bridgehead atoms. The number of hydrogen-bond acceptors (Lipinski definition) is 5. The molecule has 3 rings (SSSR count). The number of nitrogens with one attached hydrogen (secondary N) is 2. The van der Waals surface area contributed by atoms with Gasteiger partial charge in [-0.2, -0.15) is 0 Å². The molecule has 2 aromatic rings. The second-order valence-electron chi connectivity index (χ2n) is 5.59. The van der Waals surface area contributed by atoms with Crippen LogP contribution >= 0.6 is 0 Å². The van der Waals surface area contributed by atoms with Gasteiger partial charge in [0.15, 0.2) is 5.75 Å². The monoisotopic (exact) mass is 367 g/mol. The summed E-state index contributed by atoms with van der Waals surface area (Å²) in [7, 11) is 0. The van der Waals surface area contributed by atoms with E-state index in [2.05, 4.69) is 25.3 Å². The zero-order valence-corrected chi connectivity index (χ0v) is 13.6. The molecule has 1 aliphatic heterocycles. The average molecular weight is 367 g/mol. The lowest BCUT2D eigenvalue weighted by Gasteiger charge is -2.15. The first kappa shape index (κ1) is 17.8. The Bertz CT molecular complexity index is 761. The predicted octanol–water partition coefficient (Wildman–Crippen LogP) is 3.62. The number of para-hydroxylation sites is 2. The van der Waals surface area contributed by atoms with Crippen molar-refractivity contribution in [1.29, 1.82) is 0 Å². The Hall–Kier alpha value is -3.04. The van der Waals surface area contributed by atoms with Crippen LogP contribution in [0.15, 0.2) is 36.7 Å². The fourth-order valence-electron chi connectivity index (χ4n) is 2.53. The molecular weight excluding hydrogens is 351 g/mol. The molecule has 2 amide bonds. The highest BCUT2D eigenvalue weighted by atomic mass is 19.4. The fourth-order valence-corrected chi connectivity index (χ4v) is 2.53. The van der Waals surface area contributed by atoms with Gasteiger partial charge in [0, 0.05) is 13.1 Å². The molecule has 1 aromatic heterocycles. The summed E-state index contributed by atoms with van der Waals surface area (Å²) in [6.07, 6.45) is 0.209. The lowest BCUT2D eigenvalue weighted by atomic mass is 10.3. The Kier molecular flexibility index (Phi) is 5.10. The third-order valence-corrected chi connectivity index (χ3v) is 3.65. The van der Waals surface area contributed by atoms with Crippen molar-refractivity contribution in [2.24, 2.45) is 0 Å². The van der Waals surface area contributed by atoms with Gasteiger partial charge >= 0.3 is 12.4 Å². The van der Waals surface area contributed by atoms with E-state index in [0.717, 1.165) is 32.0 Å². The Morgan fingerprint density at radius 3 is 2.38 bits per heavy atom. The number of amides is 2. The highest BCUT2D eigenvalue weighted by Crippen LogP contribution is 2.30. The van der Waals surface area contributed by atoms with Crippen molar-refractivity contribution in [3.8, 4) is 5.75 Å². The second kappa shape index (κ2) is 7.46. The molecule has 1 saturated heterocycles. The highest BCUT2D eigenvalue weighted by molar-refractivity contribution is 6.00. The van der Waals surface area contributed by atoms with Crippen LogP contribution in [-0.4, -0.2) is 35.5 Å². The summed E-state index contributed by atoms with van der Waals surface area (Å²) in [6, 6.07) is 4.52. The van der Waals surface area contributed by atoms with Crippen molar-refractivity contribution < 1.29 is 22.7 Å². The number of carbonyl (C=O) groups excluding carboxylic acids is 1. The zero-order chi connectivity index (χ0) is 18.6. The number of aromatic nitrogens is 2. The van der Waals surface area contributed by atoms with Gasteiger partial charge in [-0.3, -0.25) is 0 Å². The quantitative estimate of drug-likeness (QED) is 0.863. The van der Waals surface area contributed by atoms with Gasteiger partial charge in [-0.25, -0.2) is 14.8 Å². The molecule has 0 saturated carbocycles. The summed E-state index contributed by atoms with van der Waals surface area (Å²) in [5.41, 5.74) is 0.205. The van der Waals surface area contributed by atoms with Crippen LogP contribution in [0.2, 0.25) is 0 Å². The number of nitrogens with zero attached hydrogens (tertiary/aromatic N) is 3. The van der Waals surface area contributed by atoms with E-state index in [-0.39, 0.29) is 5.69 Å². The highest BCUT2D eigenvalue weighted by Gasteiger charge is 2.32. The standard InChI is InChI=1S/C16H16F3N5O2/c17-16(18,19)26-13-6-2-1-5-12(13)23-15(25)22-11-9-20-14(21-10-11)24-7-3-4-8-24/h1-2,5-6,9-10H,3-4,7-8H2,(H2,22,23,25). The van der Waals surface area contributed by atoms with Crippen LogP contribution in [0.1, 0.15) is 12.8 Å². The molecular formula is C16H16F3N5O2. The van der Waals surface area contributed by atoms with E-state index >= 15 is 0 Å². The Morgan fingerprint density at radius 1 is 1.08 bits per heavy atom. The van der Waals surface area contributed by atoms with Crippen LogP contribution in [0.3, 0.4) is 0 Å². The number of halogens is 3. The number of rotatable bonds is 4. The molecule has 138 valence electrons. The minimum absolute atomic E-state index is 0.114. The predicted molar refractivity (Wildman–Crippen MR) is 89.2 cm³/mol.